The van der Waals surface area contributed by atoms with Crippen LogP contribution in [0.3, 0.4) is 0 Å². The van der Waals surface area contributed by atoms with E-state index in [0.717, 1.165) is 38.8 Å². The normalized spacial score (nSPS) is 24.8. The maximum Gasteiger partial charge on any atom is 0.251 e. The second-order valence-electron chi connectivity index (χ2n) is 8.31. The van der Waals surface area contributed by atoms with Gasteiger partial charge in [0.15, 0.2) is 0 Å². The number of amides is 3. The predicted molar refractivity (Wildman–Crippen MR) is 107 cm³/mol. The number of imide groups is 1. The van der Waals surface area contributed by atoms with Gasteiger partial charge in [-0.1, -0.05) is 12.8 Å². The third-order valence-electron chi connectivity index (χ3n) is 6.44. The van der Waals surface area contributed by atoms with Crippen molar-refractivity contribution in [3.05, 3.63) is 30.1 Å². The molecule has 3 aliphatic heterocycles. The molecule has 3 heterocycles. The first kappa shape index (κ1) is 20.0. The number of anilines is 1. The SMILES string of the molecule is O=C(C1CCN(C2CC(=O)N(c3ccc(F)cc3)C2=O)CC1)N1CCCCCC1. The number of nitrogens with zero attached hydrogens (tertiary/aromatic N) is 3. The number of hydrogen-bond donors (Lipinski definition) is 0. The number of likely N-dealkylation sites (tertiary alicyclic amines) is 2. The largest absolute Gasteiger partial charge is 0.342 e. The average molecular weight is 401 g/mol. The molecule has 3 fully saturated rings. The smallest absolute Gasteiger partial charge is 0.251 e. The molecule has 6 nitrogen and oxygen atoms in total. The van der Waals surface area contributed by atoms with Gasteiger partial charge in [-0.05, 0) is 63.0 Å². The van der Waals surface area contributed by atoms with Gasteiger partial charge in [-0.3, -0.25) is 19.3 Å². The molecule has 1 atom stereocenters. The summed E-state index contributed by atoms with van der Waals surface area (Å²) in [5.41, 5.74) is 0.412. The summed E-state index contributed by atoms with van der Waals surface area (Å²) < 4.78 is 13.2. The highest BCUT2D eigenvalue weighted by molar-refractivity contribution is 6.22. The average Bonchev–Trinajstić information content (AvgIpc) is 2.91. The van der Waals surface area contributed by atoms with Crippen molar-refractivity contribution in [3.63, 3.8) is 0 Å². The van der Waals surface area contributed by atoms with Crippen LogP contribution in [0.25, 0.3) is 0 Å². The minimum Gasteiger partial charge on any atom is -0.342 e. The van der Waals surface area contributed by atoms with Crippen LogP contribution in [0.5, 0.6) is 0 Å². The molecule has 29 heavy (non-hydrogen) atoms. The lowest BCUT2D eigenvalue weighted by atomic mass is 9.94. The van der Waals surface area contributed by atoms with E-state index < -0.39 is 11.9 Å². The van der Waals surface area contributed by atoms with E-state index in [1.165, 1.54) is 42.0 Å². The third-order valence-corrected chi connectivity index (χ3v) is 6.44. The zero-order chi connectivity index (χ0) is 20.4. The van der Waals surface area contributed by atoms with Gasteiger partial charge in [-0.2, -0.15) is 0 Å². The van der Waals surface area contributed by atoms with Gasteiger partial charge in [0.25, 0.3) is 5.91 Å². The number of hydrogen-bond acceptors (Lipinski definition) is 4. The zero-order valence-electron chi connectivity index (χ0n) is 16.7. The lowest BCUT2D eigenvalue weighted by Crippen LogP contribution is -2.48. The first-order valence-corrected chi connectivity index (χ1v) is 10.7. The second kappa shape index (κ2) is 8.61. The standard InChI is InChI=1S/C22H28FN3O3/c23-17-5-7-18(8-6-17)26-20(27)15-19(22(26)29)24-13-9-16(10-14-24)21(28)25-11-3-1-2-4-12-25/h5-8,16,19H,1-4,9-15H2. The summed E-state index contributed by atoms with van der Waals surface area (Å²) in [6, 6.07) is 4.94. The molecule has 1 aromatic rings. The third kappa shape index (κ3) is 4.20. The molecular weight excluding hydrogens is 373 g/mol. The summed E-state index contributed by atoms with van der Waals surface area (Å²) in [7, 11) is 0. The van der Waals surface area contributed by atoms with Gasteiger partial charge in [0, 0.05) is 19.0 Å². The Kier molecular flexibility index (Phi) is 5.94. The van der Waals surface area contributed by atoms with Crippen molar-refractivity contribution in [1.82, 2.24) is 9.80 Å². The van der Waals surface area contributed by atoms with Crippen LogP contribution < -0.4 is 4.90 Å². The molecule has 0 aliphatic carbocycles. The Hall–Kier alpha value is -2.28. The Labute approximate surface area is 170 Å². The van der Waals surface area contributed by atoms with Crippen LogP contribution in [0.1, 0.15) is 44.9 Å². The molecular formula is C22H28FN3O3. The van der Waals surface area contributed by atoms with Gasteiger partial charge < -0.3 is 4.90 Å². The molecule has 0 N–H and O–H groups in total. The molecule has 156 valence electrons. The first-order valence-electron chi connectivity index (χ1n) is 10.7. The van der Waals surface area contributed by atoms with E-state index in [0.29, 0.717) is 18.8 Å². The topological polar surface area (TPSA) is 60.9 Å². The van der Waals surface area contributed by atoms with Crippen molar-refractivity contribution in [2.24, 2.45) is 5.92 Å². The van der Waals surface area contributed by atoms with Crippen LogP contribution in [0.4, 0.5) is 10.1 Å². The highest BCUT2D eigenvalue weighted by atomic mass is 19.1. The number of benzene rings is 1. The van der Waals surface area contributed by atoms with E-state index in [9.17, 15) is 18.8 Å². The number of rotatable bonds is 3. The Balaban J connectivity index is 1.36. The summed E-state index contributed by atoms with van der Waals surface area (Å²) in [4.78, 5) is 43.4. The molecule has 0 bridgehead atoms. The summed E-state index contributed by atoms with van der Waals surface area (Å²) in [5.74, 6) is -0.633. The lowest BCUT2D eigenvalue weighted by Gasteiger charge is -2.36. The van der Waals surface area contributed by atoms with Gasteiger partial charge >= 0.3 is 0 Å². The summed E-state index contributed by atoms with van der Waals surface area (Å²) >= 11 is 0. The minimum atomic E-state index is -0.484. The van der Waals surface area contributed by atoms with Crippen LogP contribution in [0, 0.1) is 11.7 Å². The van der Waals surface area contributed by atoms with Gasteiger partial charge in [0.1, 0.15) is 5.82 Å². The zero-order valence-corrected chi connectivity index (χ0v) is 16.7. The fourth-order valence-electron chi connectivity index (χ4n) is 4.77. The number of piperidine rings is 1. The Morgan fingerprint density at radius 1 is 0.897 bits per heavy atom. The molecule has 0 radical (unpaired) electrons. The molecule has 3 saturated heterocycles. The second-order valence-corrected chi connectivity index (χ2v) is 8.31. The van der Waals surface area contributed by atoms with Gasteiger partial charge in [0.05, 0.1) is 18.2 Å². The highest BCUT2D eigenvalue weighted by Gasteiger charge is 2.44. The maximum absolute atomic E-state index is 13.2. The minimum absolute atomic E-state index is 0.0183. The van der Waals surface area contributed by atoms with Crippen LogP contribution in [0.2, 0.25) is 0 Å². The van der Waals surface area contributed by atoms with E-state index in [4.69, 9.17) is 0 Å². The van der Waals surface area contributed by atoms with Crippen molar-refractivity contribution in [2.45, 2.75) is 51.0 Å². The van der Waals surface area contributed by atoms with E-state index in [-0.39, 0.29) is 30.1 Å². The van der Waals surface area contributed by atoms with E-state index >= 15 is 0 Å². The van der Waals surface area contributed by atoms with E-state index in [1.807, 2.05) is 9.80 Å². The van der Waals surface area contributed by atoms with Gasteiger partial charge in [-0.25, -0.2) is 9.29 Å². The number of carbonyl (C=O) groups is 3. The quantitative estimate of drug-likeness (QED) is 0.731. The van der Waals surface area contributed by atoms with Crippen molar-refractivity contribution >= 4 is 23.4 Å². The Morgan fingerprint density at radius 2 is 1.52 bits per heavy atom. The molecule has 1 aromatic carbocycles. The molecule has 7 heteroatoms. The van der Waals surface area contributed by atoms with Crippen LogP contribution in [0.15, 0.2) is 24.3 Å². The number of halogens is 1. The van der Waals surface area contributed by atoms with Crippen LogP contribution in [-0.4, -0.2) is 59.7 Å². The van der Waals surface area contributed by atoms with E-state index in [2.05, 4.69) is 0 Å². The van der Waals surface area contributed by atoms with Crippen molar-refractivity contribution in [1.29, 1.82) is 0 Å². The fraction of sp³-hybridized carbons (Fsp3) is 0.591. The van der Waals surface area contributed by atoms with Crippen LogP contribution in [-0.2, 0) is 14.4 Å². The predicted octanol–water partition coefficient (Wildman–Crippen LogP) is 2.57. The molecule has 0 saturated carbocycles. The fourth-order valence-corrected chi connectivity index (χ4v) is 4.77. The molecule has 1 unspecified atom stereocenters. The molecule has 0 aromatic heterocycles. The van der Waals surface area contributed by atoms with Crippen molar-refractivity contribution in [2.75, 3.05) is 31.1 Å². The first-order chi connectivity index (χ1) is 14.0. The molecule has 3 aliphatic rings. The monoisotopic (exact) mass is 401 g/mol. The van der Waals surface area contributed by atoms with Crippen molar-refractivity contribution < 1.29 is 18.8 Å². The molecule has 4 rings (SSSR count). The molecule has 0 spiro atoms. The Bertz CT molecular complexity index is 766. The van der Waals surface area contributed by atoms with E-state index in [1.54, 1.807) is 0 Å². The number of carbonyl (C=O) groups excluding carboxylic acids is 3. The van der Waals surface area contributed by atoms with Crippen molar-refractivity contribution in [3.8, 4) is 0 Å². The molecule has 3 amide bonds. The Morgan fingerprint density at radius 3 is 2.14 bits per heavy atom. The van der Waals surface area contributed by atoms with Gasteiger partial charge in [-0.15, -0.1) is 0 Å². The van der Waals surface area contributed by atoms with Gasteiger partial charge in [0.2, 0.25) is 11.8 Å². The summed E-state index contributed by atoms with van der Waals surface area (Å²) in [5, 5.41) is 0. The van der Waals surface area contributed by atoms with Crippen LogP contribution >= 0.6 is 0 Å². The summed E-state index contributed by atoms with van der Waals surface area (Å²) in [6.45, 7) is 3.01. The lowest BCUT2D eigenvalue weighted by molar-refractivity contribution is -0.137. The summed E-state index contributed by atoms with van der Waals surface area (Å²) in [6.07, 6.45) is 6.16. The highest BCUT2D eigenvalue weighted by Crippen LogP contribution is 2.29. The maximum atomic E-state index is 13.2.